The van der Waals surface area contributed by atoms with Gasteiger partial charge in [0.05, 0.1) is 10.4 Å². The van der Waals surface area contributed by atoms with Crippen LogP contribution in [0.3, 0.4) is 0 Å². The predicted molar refractivity (Wildman–Crippen MR) is 95.0 cm³/mol. The van der Waals surface area contributed by atoms with Crippen LogP contribution in [0.1, 0.15) is 32.9 Å². The number of likely N-dealkylation sites (tertiary alicyclic amines) is 1. The molecule has 26 heavy (non-hydrogen) atoms. The van der Waals surface area contributed by atoms with Gasteiger partial charge in [-0.3, -0.25) is 19.3 Å². The highest BCUT2D eigenvalue weighted by Gasteiger charge is 2.27. The van der Waals surface area contributed by atoms with Gasteiger partial charge in [-0.2, -0.15) is 0 Å². The number of nitrogens with zero attached hydrogens (tertiary/aromatic N) is 1. The predicted octanol–water partition coefficient (Wildman–Crippen LogP) is 2.31. The normalized spacial score (nSPS) is 13.5. The first-order chi connectivity index (χ1) is 12.5. The molecule has 0 spiro atoms. The number of amides is 3. The van der Waals surface area contributed by atoms with Crippen molar-refractivity contribution in [3.8, 4) is 0 Å². The van der Waals surface area contributed by atoms with Gasteiger partial charge in [-0.05, 0) is 42.1 Å². The Labute approximate surface area is 153 Å². The molecule has 7 nitrogen and oxygen atoms in total. The monoisotopic (exact) mass is 372 g/mol. The lowest BCUT2D eigenvalue weighted by Crippen LogP contribution is -2.35. The molecule has 1 aliphatic heterocycles. The van der Waals surface area contributed by atoms with Crippen LogP contribution in [0.2, 0.25) is 0 Å². The molecule has 2 aromatic rings. The number of anilines is 1. The number of imide groups is 1. The van der Waals surface area contributed by atoms with Crippen LogP contribution < -0.4 is 5.32 Å². The molecule has 0 radical (unpaired) electrons. The zero-order valence-electron chi connectivity index (χ0n) is 13.8. The van der Waals surface area contributed by atoms with E-state index in [9.17, 15) is 19.2 Å². The van der Waals surface area contributed by atoms with Crippen LogP contribution in [-0.4, -0.2) is 41.7 Å². The maximum atomic E-state index is 12.0. The SMILES string of the molecule is O=C(OCC(=O)N1CCCC1=O)c1ccc(NC(=O)c2cccs2)cc1. The van der Waals surface area contributed by atoms with Gasteiger partial charge in [0, 0.05) is 18.7 Å². The lowest BCUT2D eigenvalue weighted by atomic mass is 10.2. The number of carbonyl (C=O) groups is 4. The van der Waals surface area contributed by atoms with Crippen molar-refractivity contribution in [3.05, 3.63) is 52.2 Å². The van der Waals surface area contributed by atoms with Crippen molar-refractivity contribution in [1.29, 1.82) is 0 Å². The molecule has 3 amide bonds. The van der Waals surface area contributed by atoms with Gasteiger partial charge in [0.1, 0.15) is 0 Å². The maximum absolute atomic E-state index is 12.0. The van der Waals surface area contributed by atoms with Crippen LogP contribution in [0.25, 0.3) is 0 Å². The molecule has 134 valence electrons. The van der Waals surface area contributed by atoms with E-state index in [2.05, 4.69) is 5.32 Å². The topological polar surface area (TPSA) is 92.8 Å². The Balaban J connectivity index is 1.52. The number of benzene rings is 1. The summed E-state index contributed by atoms with van der Waals surface area (Å²) in [4.78, 5) is 49.0. The maximum Gasteiger partial charge on any atom is 0.338 e. The summed E-state index contributed by atoms with van der Waals surface area (Å²) < 4.78 is 4.96. The second kappa shape index (κ2) is 7.92. The van der Waals surface area contributed by atoms with E-state index in [-0.39, 0.29) is 17.4 Å². The second-order valence-electron chi connectivity index (χ2n) is 5.63. The van der Waals surface area contributed by atoms with Crippen LogP contribution >= 0.6 is 11.3 Å². The van der Waals surface area contributed by atoms with Crippen molar-refractivity contribution in [2.75, 3.05) is 18.5 Å². The van der Waals surface area contributed by atoms with Crippen LogP contribution in [0.15, 0.2) is 41.8 Å². The number of carbonyl (C=O) groups excluding carboxylic acids is 4. The molecule has 1 saturated heterocycles. The fraction of sp³-hybridized carbons (Fsp3) is 0.222. The Bertz CT molecular complexity index is 830. The van der Waals surface area contributed by atoms with Crippen LogP contribution in [0, 0.1) is 0 Å². The Morgan fingerprint density at radius 3 is 2.54 bits per heavy atom. The summed E-state index contributed by atoms with van der Waals surface area (Å²) in [5.41, 5.74) is 0.790. The van der Waals surface area contributed by atoms with E-state index in [1.165, 1.54) is 23.5 Å². The Morgan fingerprint density at radius 2 is 1.92 bits per heavy atom. The molecule has 0 atom stereocenters. The first-order valence-electron chi connectivity index (χ1n) is 8.00. The first kappa shape index (κ1) is 17.8. The van der Waals surface area contributed by atoms with Crippen LogP contribution in [-0.2, 0) is 14.3 Å². The fourth-order valence-corrected chi connectivity index (χ4v) is 3.11. The van der Waals surface area contributed by atoms with Gasteiger partial charge >= 0.3 is 5.97 Å². The molecule has 1 aromatic carbocycles. The van der Waals surface area contributed by atoms with E-state index >= 15 is 0 Å². The number of hydrogen-bond acceptors (Lipinski definition) is 6. The van der Waals surface area contributed by atoms with E-state index in [1.807, 2.05) is 5.38 Å². The lowest BCUT2D eigenvalue weighted by Gasteiger charge is -2.13. The molecular formula is C18H16N2O5S. The minimum atomic E-state index is -0.666. The van der Waals surface area contributed by atoms with Gasteiger partial charge in [0.2, 0.25) is 5.91 Å². The highest BCUT2D eigenvalue weighted by atomic mass is 32.1. The zero-order valence-corrected chi connectivity index (χ0v) is 14.6. The van der Waals surface area contributed by atoms with Crippen LogP contribution in [0.5, 0.6) is 0 Å². The number of nitrogens with one attached hydrogen (secondary N) is 1. The largest absolute Gasteiger partial charge is 0.452 e. The minimum Gasteiger partial charge on any atom is -0.452 e. The van der Waals surface area contributed by atoms with Gasteiger partial charge in [0.25, 0.3) is 11.8 Å². The first-order valence-corrected chi connectivity index (χ1v) is 8.88. The van der Waals surface area contributed by atoms with E-state index in [4.69, 9.17) is 4.74 Å². The zero-order chi connectivity index (χ0) is 18.5. The summed E-state index contributed by atoms with van der Waals surface area (Å²) >= 11 is 1.33. The quantitative estimate of drug-likeness (QED) is 0.813. The molecule has 3 rings (SSSR count). The van der Waals surface area contributed by atoms with Crippen molar-refractivity contribution in [3.63, 3.8) is 0 Å². The molecule has 8 heteroatoms. The fourth-order valence-electron chi connectivity index (χ4n) is 2.49. The van der Waals surface area contributed by atoms with Crippen molar-refractivity contribution in [1.82, 2.24) is 4.90 Å². The van der Waals surface area contributed by atoms with Gasteiger partial charge in [-0.1, -0.05) is 6.07 Å². The summed E-state index contributed by atoms with van der Waals surface area (Å²) in [6.07, 6.45) is 0.982. The van der Waals surface area contributed by atoms with Gasteiger partial charge in [0.15, 0.2) is 6.61 Å². The number of thiophene rings is 1. The molecule has 1 aromatic heterocycles. The van der Waals surface area contributed by atoms with Crippen molar-refractivity contribution >= 4 is 40.7 Å². The van der Waals surface area contributed by atoms with Gasteiger partial charge in [-0.15, -0.1) is 11.3 Å². The van der Waals surface area contributed by atoms with Gasteiger partial charge in [-0.25, -0.2) is 4.79 Å². The standard InChI is InChI=1S/C18H16N2O5S/c21-15-4-1-9-20(15)16(22)11-25-18(24)12-5-7-13(8-6-12)19-17(23)14-3-2-10-26-14/h2-3,5-8,10H,1,4,9,11H2,(H,19,23). The van der Waals surface area contributed by atoms with E-state index < -0.39 is 18.5 Å². The third kappa shape index (κ3) is 4.15. The van der Waals surface area contributed by atoms with Crippen molar-refractivity contribution in [2.24, 2.45) is 0 Å². The average Bonchev–Trinajstić information content (AvgIpc) is 3.31. The molecule has 1 aliphatic rings. The smallest absolute Gasteiger partial charge is 0.338 e. The van der Waals surface area contributed by atoms with E-state index in [0.29, 0.717) is 30.0 Å². The Morgan fingerprint density at radius 1 is 1.15 bits per heavy atom. The molecule has 2 heterocycles. The molecule has 1 N–H and O–H groups in total. The highest BCUT2D eigenvalue weighted by molar-refractivity contribution is 7.12. The highest BCUT2D eigenvalue weighted by Crippen LogP contribution is 2.15. The van der Waals surface area contributed by atoms with Crippen molar-refractivity contribution in [2.45, 2.75) is 12.8 Å². The van der Waals surface area contributed by atoms with Crippen LogP contribution in [0.4, 0.5) is 5.69 Å². The average molecular weight is 372 g/mol. The molecule has 1 fully saturated rings. The van der Waals surface area contributed by atoms with Gasteiger partial charge < -0.3 is 10.1 Å². The lowest BCUT2D eigenvalue weighted by molar-refractivity contribution is -0.143. The number of ether oxygens (including phenoxy) is 1. The van der Waals surface area contributed by atoms with E-state index in [1.54, 1.807) is 24.3 Å². The number of hydrogen-bond donors (Lipinski definition) is 1. The number of esters is 1. The molecule has 0 saturated carbocycles. The number of rotatable bonds is 5. The Kier molecular flexibility index (Phi) is 5.43. The third-order valence-corrected chi connectivity index (χ3v) is 4.69. The Hall–Kier alpha value is -3.00. The molecule has 0 aliphatic carbocycles. The summed E-state index contributed by atoms with van der Waals surface area (Å²) in [5.74, 6) is -1.64. The molecule has 0 bridgehead atoms. The summed E-state index contributed by atoms with van der Waals surface area (Å²) in [7, 11) is 0. The summed E-state index contributed by atoms with van der Waals surface area (Å²) in [6, 6.07) is 9.65. The van der Waals surface area contributed by atoms with E-state index in [0.717, 1.165) is 4.90 Å². The minimum absolute atomic E-state index is 0.226. The summed E-state index contributed by atoms with van der Waals surface area (Å²) in [5, 5.41) is 4.53. The molecular weight excluding hydrogens is 356 g/mol. The summed E-state index contributed by atoms with van der Waals surface area (Å²) in [6.45, 7) is -0.102. The van der Waals surface area contributed by atoms with Crippen molar-refractivity contribution < 1.29 is 23.9 Å². The second-order valence-corrected chi connectivity index (χ2v) is 6.58. The third-order valence-electron chi connectivity index (χ3n) is 3.82. The molecule has 0 unspecified atom stereocenters.